The average Bonchev–Trinajstić information content (AvgIpc) is 2.57. The second-order valence-corrected chi connectivity index (χ2v) is 7.45. The maximum absolute atomic E-state index is 11.4. The fourth-order valence-electron chi connectivity index (χ4n) is 3.70. The predicted molar refractivity (Wildman–Crippen MR) is 107 cm³/mol. The van der Waals surface area contributed by atoms with Gasteiger partial charge in [-0.3, -0.25) is 9.69 Å². The maximum atomic E-state index is 11.4. The minimum absolute atomic E-state index is 0.115. The molecule has 0 saturated carbocycles. The summed E-state index contributed by atoms with van der Waals surface area (Å²) in [5.41, 5.74) is 1.00. The van der Waals surface area contributed by atoms with Gasteiger partial charge < -0.3 is 15.3 Å². The van der Waals surface area contributed by atoms with Gasteiger partial charge in [0, 0.05) is 50.9 Å². The first-order valence-corrected chi connectivity index (χ1v) is 9.39. The van der Waals surface area contributed by atoms with Crippen LogP contribution < -0.4 is 5.32 Å². The minimum atomic E-state index is 0.115. The van der Waals surface area contributed by atoms with Gasteiger partial charge in [0.2, 0.25) is 0 Å². The molecule has 26 heavy (non-hydrogen) atoms. The fourth-order valence-corrected chi connectivity index (χ4v) is 3.70. The number of hydrogen-bond acceptors (Lipinski definition) is 5. The molecule has 6 nitrogen and oxygen atoms in total. The van der Waals surface area contributed by atoms with Gasteiger partial charge in [0.25, 0.3) is 0 Å². The zero-order chi connectivity index (χ0) is 19.3. The highest BCUT2D eigenvalue weighted by Crippen LogP contribution is 2.25. The highest BCUT2D eigenvalue weighted by molar-refractivity contribution is 5.92. The summed E-state index contributed by atoms with van der Waals surface area (Å²) in [7, 11) is 3.97. The number of carbonyl (C=O) groups excluding carboxylic acids is 1. The number of hydrogen-bond donors (Lipinski definition) is 2. The van der Waals surface area contributed by atoms with Crippen molar-refractivity contribution in [3.05, 3.63) is 23.8 Å². The number of aromatic hydroxyl groups is 1. The molecular weight excluding hydrogens is 328 g/mol. The molecule has 0 aromatic heterocycles. The van der Waals surface area contributed by atoms with E-state index in [9.17, 15) is 9.90 Å². The van der Waals surface area contributed by atoms with Crippen LogP contribution in [0.3, 0.4) is 0 Å². The summed E-state index contributed by atoms with van der Waals surface area (Å²) in [6.45, 7) is 8.52. The van der Waals surface area contributed by atoms with Crippen LogP contribution in [0.4, 0.5) is 5.69 Å². The van der Waals surface area contributed by atoms with Crippen LogP contribution in [-0.2, 0) is 0 Å². The van der Waals surface area contributed by atoms with Gasteiger partial charge in [0.1, 0.15) is 11.6 Å². The summed E-state index contributed by atoms with van der Waals surface area (Å²) >= 11 is 0. The Hall–Kier alpha value is -1.92. The van der Waals surface area contributed by atoms with Crippen molar-refractivity contribution in [3.63, 3.8) is 0 Å². The Bertz CT molecular complexity index is 635. The van der Waals surface area contributed by atoms with Crippen LogP contribution in [0.5, 0.6) is 5.75 Å². The van der Waals surface area contributed by atoms with E-state index in [2.05, 4.69) is 31.0 Å². The lowest BCUT2D eigenvalue weighted by molar-refractivity contribution is 0.112. The van der Waals surface area contributed by atoms with E-state index in [4.69, 9.17) is 4.99 Å². The van der Waals surface area contributed by atoms with Gasteiger partial charge in [0.15, 0.2) is 6.29 Å². The first-order chi connectivity index (χ1) is 12.3. The standard InChI is InChI=1S/C20H32N4O2/c1-6-7-19(24-11-14(2)21-15(3)12-24)20(23(4)5)22-18-10-17(26)9-8-16(18)13-25/h8-10,13-15,19,21,26H,6-7,11-12H2,1-5H3. The Labute approximate surface area is 156 Å². The number of rotatable bonds is 6. The van der Waals surface area contributed by atoms with Crippen molar-refractivity contribution in [3.8, 4) is 5.75 Å². The molecule has 1 fully saturated rings. The molecule has 1 aromatic carbocycles. The Morgan fingerprint density at radius 1 is 1.38 bits per heavy atom. The number of aldehydes is 1. The van der Waals surface area contributed by atoms with Crippen LogP contribution in [-0.4, -0.2) is 72.3 Å². The number of piperazine rings is 1. The van der Waals surface area contributed by atoms with Crippen LogP contribution in [0, 0.1) is 0 Å². The molecule has 144 valence electrons. The van der Waals surface area contributed by atoms with Crippen molar-refractivity contribution in [1.29, 1.82) is 0 Å². The lowest BCUT2D eigenvalue weighted by Crippen LogP contribution is -2.59. The zero-order valence-corrected chi connectivity index (χ0v) is 16.6. The van der Waals surface area contributed by atoms with Crippen molar-refractivity contribution in [2.45, 2.75) is 51.7 Å². The first kappa shape index (κ1) is 20.4. The largest absolute Gasteiger partial charge is 0.508 e. The van der Waals surface area contributed by atoms with Crippen LogP contribution in [0.2, 0.25) is 0 Å². The van der Waals surface area contributed by atoms with Crippen LogP contribution in [0.15, 0.2) is 23.2 Å². The smallest absolute Gasteiger partial charge is 0.152 e. The van der Waals surface area contributed by atoms with Gasteiger partial charge in [-0.25, -0.2) is 4.99 Å². The molecule has 3 unspecified atom stereocenters. The molecule has 0 bridgehead atoms. The van der Waals surface area contributed by atoms with E-state index in [0.29, 0.717) is 23.3 Å². The molecule has 0 aliphatic carbocycles. The van der Waals surface area contributed by atoms with Crippen molar-refractivity contribution < 1.29 is 9.90 Å². The summed E-state index contributed by atoms with van der Waals surface area (Å²) < 4.78 is 0. The lowest BCUT2D eigenvalue weighted by Gasteiger charge is -2.42. The number of phenolic OH excluding ortho intramolecular Hbond substituents is 1. The van der Waals surface area contributed by atoms with Gasteiger partial charge in [-0.15, -0.1) is 0 Å². The number of nitrogens with one attached hydrogen (secondary N) is 1. The second-order valence-electron chi connectivity index (χ2n) is 7.45. The Balaban J connectivity index is 2.44. The van der Waals surface area contributed by atoms with Gasteiger partial charge in [-0.1, -0.05) is 13.3 Å². The van der Waals surface area contributed by atoms with Crippen LogP contribution in [0.25, 0.3) is 0 Å². The van der Waals surface area contributed by atoms with E-state index < -0.39 is 0 Å². The second kappa shape index (κ2) is 9.14. The number of benzene rings is 1. The van der Waals surface area contributed by atoms with Gasteiger partial charge in [0.05, 0.1) is 11.7 Å². The number of likely N-dealkylation sites (N-methyl/N-ethyl adjacent to an activating group) is 1. The predicted octanol–water partition coefficient (Wildman–Crippen LogP) is 2.65. The molecule has 2 N–H and O–H groups in total. The van der Waals surface area contributed by atoms with Crippen molar-refractivity contribution in [2.24, 2.45) is 4.99 Å². The zero-order valence-electron chi connectivity index (χ0n) is 16.6. The summed E-state index contributed by atoms with van der Waals surface area (Å²) in [5.74, 6) is 1.03. The van der Waals surface area contributed by atoms with Gasteiger partial charge in [-0.2, -0.15) is 0 Å². The van der Waals surface area contributed by atoms with E-state index in [0.717, 1.165) is 38.1 Å². The van der Waals surface area contributed by atoms with Crippen LogP contribution >= 0.6 is 0 Å². The Kier molecular flexibility index (Phi) is 7.17. The number of amidine groups is 1. The van der Waals surface area contributed by atoms with Crippen molar-refractivity contribution >= 4 is 17.8 Å². The number of nitrogens with zero attached hydrogens (tertiary/aromatic N) is 3. The van der Waals surface area contributed by atoms with Crippen molar-refractivity contribution in [1.82, 2.24) is 15.1 Å². The monoisotopic (exact) mass is 360 g/mol. The number of carbonyl (C=O) groups is 1. The molecule has 6 heteroatoms. The highest BCUT2D eigenvalue weighted by Gasteiger charge is 2.30. The number of aliphatic imine (C=N–C) groups is 1. The third kappa shape index (κ3) is 5.05. The summed E-state index contributed by atoms with van der Waals surface area (Å²) in [6.07, 6.45) is 2.83. The average molecular weight is 361 g/mol. The molecular formula is C20H32N4O2. The third-order valence-corrected chi connectivity index (χ3v) is 4.72. The fraction of sp³-hybridized carbons (Fsp3) is 0.600. The van der Waals surface area contributed by atoms with Crippen LogP contribution in [0.1, 0.15) is 44.0 Å². The molecule has 0 spiro atoms. The number of phenols is 1. The first-order valence-electron chi connectivity index (χ1n) is 9.39. The third-order valence-electron chi connectivity index (χ3n) is 4.72. The van der Waals surface area contributed by atoms with E-state index in [-0.39, 0.29) is 11.8 Å². The minimum Gasteiger partial charge on any atom is -0.508 e. The molecule has 0 radical (unpaired) electrons. The van der Waals surface area contributed by atoms with E-state index in [1.807, 2.05) is 19.0 Å². The Morgan fingerprint density at radius 3 is 2.58 bits per heavy atom. The van der Waals surface area contributed by atoms with E-state index in [1.54, 1.807) is 12.1 Å². The van der Waals surface area contributed by atoms with Gasteiger partial charge >= 0.3 is 0 Å². The highest BCUT2D eigenvalue weighted by atomic mass is 16.3. The molecule has 0 amide bonds. The molecule has 2 rings (SSSR count). The van der Waals surface area contributed by atoms with Gasteiger partial charge in [-0.05, 0) is 32.4 Å². The molecule has 1 heterocycles. The lowest BCUT2D eigenvalue weighted by atomic mass is 10.0. The Morgan fingerprint density at radius 2 is 2.04 bits per heavy atom. The van der Waals surface area contributed by atoms with E-state index >= 15 is 0 Å². The molecule has 1 aliphatic heterocycles. The normalized spacial score (nSPS) is 22.9. The molecule has 1 aliphatic rings. The topological polar surface area (TPSA) is 68.2 Å². The molecule has 1 aromatic rings. The maximum Gasteiger partial charge on any atom is 0.152 e. The SMILES string of the molecule is CCCC(C(=Nc1cc(O)ccc1C=O)N(C)C)N1CC(C)NC(C)C1. The quantitative estimate of drug-likeness (QED) is 0.464. The molecule has 1 saturated heterocycles. The molecule has 3 atom stereocenters. The summed E-state index contributed by atoms with van der Waals surface area (Å²) in [6, 6.07) is 5.70. The van der Waals surface area contributed by atoms with Crippen molar-refractivity contribution in [2.75, 3.05) is 27.2 Å². The van der Waals surface area contributed by atoms with E-state index in [1.165, 1.54) is 6.07 Å². The summed E-state index contributed by atoms with van der Waals surface area (Å²) in [5, 5.41) is 13.4. The summed E-state index contributed by atoms with van der Waals surface area (Å²) in [4.78, 5) is 20.7.